The number of nitrogens with zero attached hydrogens (tertiary/aromatic N) is 1. The second kappa shape index (κ2) is 4.87. The molecule has 0 saturated carbocycles. The van der Waals surface area contributed by atoms with Gasteiger partial charge in [0, 0.05) is 17.7 Å². The number of nitro groups is 1. The lowest BCUT2D eigenvalue weighted by Gasteiger charge is -2.05. The number of benzene rings is 1. The molecule has 0 bridgehead atoms. The maximum atomic E-state index is 11.3. The van der Waals surface area contributed by atoms with Crippen LogP contribution >= 0.6 is 0 Å². The Morgan fingerprint density at radius 2 is 2.06 bits per heavy atom. The van der Waals surface area contributed by atoms with E-state index in [-0.39, 0.29) is 11.3 Å². The number of carboxylic acids is 1. The molecule has 0 radical (unpaired) electrons. The van der Waals surface area contributed by atoms with Crippen LogP contribution in [0.5, 0.6) is 0 Å². The SMILES string of the molecule is O=C([O-])CNC(=O)c1cccc([N+](=O)[O-])c1. The average Bonchev–Trinajstić information content (AvgIpc) is 2.26. The van der Waals surface area contributed by atoms with E-state index in [1.165, 1.54) is 18.2 Å². The molecule has 84 valence electrons. The smallest absolute Gasteiger partial charge is 0.270 e. The van der Waals surface area contributed by atoms with E-state index in [1.54, 1.807) is 0 Å². The summed E-state index contributed by atoms with van der Waals surface area (Å²) < 4.78 is 0. The van der Waals surface area contributed by atoms with Crippen molar-refractivity contribution in [3.05, 3.63) is 39.9 Å². The lowest BCUT2D eigenvalue weighted by Crippen LogP contribution is -2.37. The van der Waals surface area contributed by atoms with Gasteiger partial charge in [-0.2, -0.15) is 0 Å². The number of hydrogen-bond acceptors (Lipinski definition) is 5. The van der Waals surface area contributed by atoms with Gasteiger partial charge in [0.1, 0.15) is 0 Å². The molecule has 0 aliphatic carbocycles. The zero-order valence-electron chi connectivity index (χ0n) is 8.00. The normalized spacial score (nSPS) is 9.50. The van der Waals surface area contributed by atoms with Crippen LogP contribution in [0.3, 0.4) is 0 Å². The van der Waals surface area contributed by atoms with Crippen molar-refractivity contribution in [2.45, 2.75) is 0 Å². The van der Waals surface area contributed by atoms with Crippen LogP contribution in [0.15, 0.2) is 24.3 Å². The number of hydrogen-bond donors (Lipinski definition) is 1. The van der Waals surface area contributed by atoms with Crippen LogP contribution in [0.1, 0.15) is 10.4 Å². The van der Waals surface area contributed by atoms with Crippen molar-refractivity contribution in [3.63, 3.8) is 0 Å². The van der Waals surface area contributed by atoms with E-state index in [4.69, 9.17) is 0 Å². The molecule has 0 aliphatic rings. The van der Waals surface area contributed by atoms with E-state index < -0.39 is 23.3 Å². The van der Waals surface area contributed by atoms with Gasteiger partial charge in [0.25, 0.3) is 11.6 Å². The number of carbonyl (C=O) groups is 2. The van der Waals surface area contributed by atoms with E-state index in [2.05, 4.69) is 0 Å². The minimum atomic E-state index is -1.43. The Hall–Kier alpha value is -2.44. The molecule has 16 heavy (non-hydrogen) atoms. The molecule has 0 saturated heterocycles. The summed E-state index contributed by atoms with van der Waals surface area (Å²) in [6.45, 7) is -0.637. The molecule has 0 spiro atoms. The molecule has 1 aromatic carbocycles. The summed E-state index contributed by atoms with van der Waals surface area (Å²) in [4.78, 5) is 31.1. The number of non-ortho nitro benzene ring substituents is 1. The highest BCUT2D eigenvalue weighted by Crippen LogP contribution is 2.12. The van der Waals surface area contributed by atoms with Gasteiger partial charge in [-0.1, -0.05) is 6.07 Å². The molecule has 1 amide bonds. The van der Waals surface area contributed by atoms with Gasteiger partial charge in [0.2, 0.25) is 0 Å². The molecule has 1 rings (SSSR count). The zero-order valence-corrected chi connectivity index (χ0v) is 8.00. The summed E-state index contributed by atoms with van der Waals surface area (Å²) in [6.07, 6.45) is 0. The second-order valence-corrected chi connectivity index (χ2v) is 2.86. The van der Waals surface area contributed by atoms with Crippen molar-refractivity contribution in [1.82, 2.24) is 5.32 Å². The van der Waals surface area contributed by atoms with Crippen molar-refractivity contribution >= 4 is 17.6 Å². The first-order chi connectivity index (χ1) is 7.50. The summed E-state index contributed by atoms with van der Waals surface area (Å²) in [7, 11) is 0. The van der Waals surface area contributed by atoms with Gasteiger partial charge in [0.15, 0.2) is 0 Å². The monoisotopic (exact) mass is 223 g/mol. The second-order valence-electron chi connectivity index (χ2n) is 2.86. The largest absolute Gasteiger partial charge is 0.548 e. The quantitative estimate of drug-likeness (QED) is 0.523. The van der Waals surface area contributed by atoms with Crippen molar-refractivity contribution in [1.29, 1.82) is 0 Å². The predicted octanol–water partition coefficient (Wildman–Crippen LogP) is -0.925. The maximum absolute atomic E-state index is 11.3. The van der Waals surface area contributed by atoms with Crippen molar-refractivity contribution in [2.24, 2.45) is 0 Å². The molecule has 0 aliphatic heterocycles. The van der Waals surface area contributed by atoms with Crippen LogP contribution in [0, 0.1) is 10.1 Å². The Morgan fingerprint density at radius 1 is 1.38 bits per heavy atom. The molecule has 7 heteroatoms. The summed E-state index contributed by atoms with van der Waals surface area (Å²) in [5.41, 5.74) is -0.212. The molecule has 0 atom stereocenters. The van der Waals surface area contributed by atoms with Crippen LogP contribution in [-0.2, 0) is 4.79 Å². The maximum Gasteiger partial charge on any atom is 0.270 e. The highest BCUT2D eigenvalue weighted by atomic mass is 16.6. The molecular weight excluding hydrogens is 216 g/mol. The fourth-order valence-electron chi connectivity index (χ4n) is 1.02. The van der Waals surface area contributed by atoms with E-state index >= 15 is 0 Å². The lowest BCUT2D eigenvalue weighted by molar-refractivity contribution is -0.384. The standard InChI is InChI=1S/C9H8N2O5/c12-8(13)5-10-9(14)6-2-1-3-7(4-6)11(15)16/h1-4H,5H2,(H,10,14)(H,12,13)/p-1. The van der Waals surface area contributed by atoms with Gasteiger partial charge in [-0.3, -0.25) is 14.9 Å². The van der Waals surface area contributed by atoms with E-state index in [0.717, 1.165) is 6.07 Å². The summed E-state index contributed by atoms with van der Waals surface area (Å²) in [5.74, 6) is -2.13. The number of rotatable bonds is 4. The summed E-state index contributed by atoms with van der Waals surface area (Å²) in [6, 6.07) is 4.98. The first-order valence-corrected chi connectivity index (χ1v) is 4.23. The fourth-order valence-corrected chi connectivity index (χ4v) is 1.02. The topological polar surface area (TPSA) is 112 Å². The van der Waals surface area contributed by atoms with Crippen molar-refractivity contribution in [2.75, 3.05) is 6.54 Å². The Kier molecular flexibility index (Phi) is 3.54. The first kappa shape index (κ1) is 11.6. The number of carbonyl (C=O) groups excluding carboxylic acids is 2. The van der Waals surface area contributed by atoms with Gasteiger partial charge >= 0.3 is 0 Å². The third-order valence-corrected chi connectivity index (χ3v) is 1.71. The van der Waals surface area contributed by atoms with Gasteiger partial charge in [-0.15, -0.1) is 0 Å². The number of amides is 1. The first-order valence-electron chi connectivity index (χ1n) is 4.23. The molecule has 1 N–H and O–H groups in total. The van der Waals surface area contributed by atoms with Crippen LogP contribution < -0.4 is 10.4 Å². The van der Waals surface area contributed by atoms with E-state index in [9.17, 15) is 24.8 Å². The third kappa shape index (κ3) is 3.05. The molecule has 1 aromatic rings. The zero-order chi connectivity index (χ0) is 12.1. The number of aliphatic carboxylic acids is 1. The van der Waals surface area contributed by atoms with Crippen molar-refractivity contribution < 1.29 is 19.6 Å². The average molecular weight is 223 g/mol. The molecule has 0 fully saturated rings. The lowest BCUT2D eigenvalue weighted by atomic mass is 10.2. The molecule has 0 aromatic heterocycles. The van der Waals surface area contributed by atoms with Crippen LogP contribution in [-0.4, -0.2) is 23.3 Å². The number of carboxylic acid groups (broad SMARTS) is 1. The highest BCUT2D eigenvalue weighted by Gasteiger charge is 2.10. The summed E-state index contributed by atoms with van der Waals surface area (Å²) in [5, 5.41) is 22.5. The van der Waals surface area contributed by atoms with Crippen LogP contribution in [0.2, 0.25) is 0 Å². The van der Waals surface area contributed by atoms with Gasteiger partial charge in [-0.05, 0) is 6.07 Å². The Bertz CT molecular complexity index is 443. The minimum absolute atomic E-state index is 0.0236. The Balaban J connectivity index is 2.79. The predicted molar refractivity (Wildman–Crippen MR) is 50.4 cm³/mol. The van der Waals surface area contributed by atoms with Gasteiger partial charge in [0.05, 0.1) is 17.4 Å². The highest BCUT2D eigenvalue weighted by molar-refractivity contribution is 5.96. The van der Waals surface area contributed by atoms with Gasteiger partial charge in [-0.25, -0.2) is 0 Å². The van der Waals surface area contributed by atoms with E-state index in [1.807, 2.05) is 5.32 Å². The fraction of sp³-hybridized carbons (Fsp3) is 0.111. The number of nitrogens with one attached hydrogen (secondary N) is 1. The molecule has 0 heterocycles. The molecular formula is C9H7N2O5-. The minimum Gasteiger partial charge on any atom is -0.548 e. The molecule has 7 nitrogen and oxygen atoms in total. The van der Waals surface area contributed by atoms with Crippen LogP contribution in [0.4, 0.5) is 5.69 Å². The van der Waals surface area contributed by atoms with Gasteiger partial charge < -0.3 is 15.2 Å². The Morgan fingerprint density at radius 3 is 2.62 bits per heavy atom. The van der Waals surface area contributed by atoms with Crippen molar-refractivity contribution in [3.8, 4) is 0 Å². The van der Waals surface area contributed by atoms with Crippen LogP contribution in [0.25, 0.3) is 0 Å². The third-order valence-electron chi connectivity index (χ3n) is 1.71. The molecule has 0 unspecified atom stereocenters. The Labute approximate surface area is 89.8 Å². The summed E-state index contributed by atoms with van der Waals surface area (Å²) >= 11 is 0. The number of nitro benzene ring substituents is 1. The van der Waals surface area contributed by atoms with E-state index in [0.29, 0.717) is 0 Å².